The van der Waals surface area contributed by atoms with Gasteiger partial charge in [-0.25, -0.2) is 0 Å². The van der Waals surface area contributed by atoms with Crippen LogP contribution in [-0.4, -0.2) is 35.8 Å². The SMILES string of the molecule is N/C(=N\O)c1ccccc1N1CCCC(CO)C1. The van der Waals surface area contributed by atoms with Gasteiger partial charge in [0.2, 0.25) is 0 Å². The molecule has 0 radical (unpaired) electrons. The van der Waals surface area contributed by atoms with Gasteiger partial charge in [-0.2, -0.15) is 0 Å². The van der Waals surface area contributed by atoms with Crippen LogP contribution in [0.15, 0.2) is 29.4 Å². The summed E-state index contributed by atoms with van der Waals surface area (Å²) in [5.41, 5.74) is 7.39. The molecule has 1 aromatic rings. The predicted molar refractivity (Wildman–Crippen MR) is 71.0 cm³/mol. The monoisotopic (exact) mass is 249 g/mol. The molecule has 0 aliphatic carbocycles. The third kappa shape index (κ3) is 2.56. The Morgan fingerprint density at radius 2 is 2.22 bits per heavy atom. The van der Waals surface area contributed by atoms with E-state index in [1.54, 1.807) is 0 Å². The Kier molecular flexibility index (Phi) is 4.04. The molecule has 0 saturated carbocycles. The van der Waals surface area contributed by atoms with Gasteiger partial charge >= 0.3 is 0 Å². The highest BCUT2D eigenvalue weighted by atomic mass is 16.4. The summed E-state index contributed by atoms with van der Waals surface area (Å²) in [6, 6.07) is 7.61. The number of para-hydroxylation sites is 1. The summed E-state index contributed by atoms with van der Waals surface area (Å²) in [5.74, 6) is 0.427. The number of nitrogens with zero attached hydrogens (tertiary/aromatic N) is 2. The number of aliphatic hydroxyl groups is 1. The Labute approximate surface area is 107 Å². The van der Waals surface area contributed by atoms with Crippen molar-refractivity contribution < 1.29 is 10.3 Å². The normalized spacial score (nSPS) is 21.1. The summed E-state index contributed by atoms with van der Waals surface area (Å²) in [6.07, 6.45) is 2.11. The van der Waals surface area contributed by atoms with Crippen LogP contribution in [0.4, 0.5) is 5.69 Å². The number of benzene rings is 1. The van der Waals surface area contributed by atoms with Gasteiger partial charge in [0, 0.05) is 30.9 Å². The molecular weight excluding hydrogens is 230 g/mol. The van der Waals surface area contributed by atoms with Crippen LogP contribution in [0.2, 0.25) is 0 Å². The molecule has 0 spiro atoms. The van der Waals surface area contributed by atoms with Gasteiger partial charge in [0.05, 0.1) is 0 Å². The van der Waals surface area contributed by atoms with Crippen LogP contribution in [0.25, 0.3) is 0 Å². The van der Waals surface area contributed by atoms with Crippen molar-refractivity contribution in [3.63, 3.8) is 0 Å². The number of anilines is 1. The van der Waals surface area contributed by atoms with Crippen molar-refractivity contribution >= 4 is 11.5 Å². The molecule has 1 aliphatic rings. The van der Waals surface area contributed by atoms with Crippen molar-refractivity contribution in [3.8, 4) is 0 Å². The van der Waals surface area contributed by atoms with Gasteiger partial charge in [-0.05, 0) is 30.9 Å². The van der Waals surface area contributed by atoms with Gasteiger partial charge in [-0.3, -0.25) is 0 Å². The van der Waals surface area contributed by atoms with Gasteiger partial charge in [0.1, 0.15) is 0 Å². The minimum Gasteiger partial charge on any atom is -0.409 e. The highest BCUT2D eigenvalue weighted by Crippen LogP contribution is 2.26. The lowest BCUT2D eigenvalue weighted by Crippen LogP contribution is -2.38. The highest BCUT2D eigenvalue weighted by molar-refractivity contribution is 6.02. The predicted octanol–water partition coefficient (Wildman–Crippen LogP) is 0.990. The van der Waals surface area contributed by atoms with Crippen molar-refractivity contribution in [3.05, 3.63) is 29.8 Å². The number of oxime groups is 1. The van der Waals surface area contributed by atoms with Crippen LogP contribution in [0.1, 0.15) is 18.4 Å². The lowest BCUT2D eigenvalue weighted by Gasteiger charge is -2.34. The van der Waals surface area contributed by atoms with E-state index in [2.05, 4.69) is 10.1 Å². The van der Waals surface area contributed by atoms with Crippen LogP contribution in [0.5, 0.6) is 0 Å². The molecule has 4 N–H and O–H groups in total. The van der Waals surface area contributed by atoms with Crippen LogP contribution in [-0.2, 0) is 0 Å². The fraction of sp³-hybridized carbons (Fsp3) is 0.462. The minimum atomic E-state index is 0.122. The number of aliphatic hydroxyl groups excluding tert-OH is 1. The maximum Gasteiger partial charge on any atom is 0.172 e. The number of amidine groups is 1. The maximum atomic E-state index is 9.27. The number of hydrogen-bond donors (Lipinski definition) is 3. The number of hydrogen-bond acceptors (Lipinski definition) is 4. The molecule has 0 amide bonds. The number of piperidine rings is 1. The standard InChI is InChI=1S/C13H19N3O2/c14-13(15-18)11-5-1-2-6-12(11)16-7-3-4-10(8-16)9-17/h1-2,5-6,10,17-18H,3-4,7-9H2,(H2,14,15). The first-order chi connectivity index (χ1) is 8.76. The molecule has 1 aliphatic heterocycles. The van der Waals surface area contributed by atoms with E-state index in [1.807, 2.05) is 24.3 Å². The van der Waals surface area contributed by atoms with E-state index >= 15 is 0 Å². The van der Waals surface area contributed by atoms with E-state index in [-0.39, 0.29) is 12.4 Å². The van der Waals surface area contributed by atoms with Gasteiger partial charge in [-0.15, -0.1) is 0 Å². The average Bonchev–Trinajstić information content (AvgIpc) is 2.46. The van der Waals surface area contributed by atoms with Crippen molar-refractivity contribution in [1.82, 2.24) is 0 Å². The highest BCUT2D eigenvalue weighted by Gasteiger charge is 2.21. The second kappa shape index (κ2) is 5.73. The molecule has 98 valence electrons. The zero-order valence-corrected chi connectivity index (χ0v) is 10.3. The van der Waals surface area contributed by atoms with Crippen molar-refractivity contribution in [2.75, 3.05) is 24.6 Å². The number of nitrogens with two attached hydrogens (primary N) is 1. The molecule has 1 fully saturated rings. The fourth-order valence-electron chi connectivity index (χ4n) is 2.45. The van der Waals surface area contributed by atoms with Gasteiger partial charge in [0.15, 0.2) is 5.84 Å². The zero-order valence-electron chi connectivity index (χ0n) is 10.3. The van der Waals surface area contributed by atoms with Crippen molar-refractivity contribution in [2.45, 2.75) is 12.8 Å². The summed E-state index contributed by atoms with van der Waals surface area (Å²) >= 11 is 0. The van der Waals surface area contributed by atoms with E-state index in [1.165, 1.54) is 0 Å². The van der Waals surface area contributed by atoms with Gasteiger partial charge in [0.25, 0.3) is 0 Å². The molecule has 1 atom stereocenters. The minimum absolute atomic E-state index is 0.122. The summed E-state index contributed by atoms with van der Waals surface area (Å²) in [5, 5.41) is 21.2. The van der Waals surface area contributed by atoms with Gasteiger partial charge < -0.3 is 20.9 Å². The molecule has 18 heavy (non-hydrogen) atoms. The average molecular weight is 249 g/mol. The Morgan fingerprint density at radius 3 is 2.94 bits per heavy atom. The zero-order chi connectivity index (χ0) is 13.0. The van der Waals surface area contributed by atoms with E-state index in [0.717, 1.165) is 37.2 Å². The fourth-order valence-corrected chi connectivity index (χ4v) is 2.45. The Hall–Kier alpha value is -1.75. The lowest BCUT2D eigenvalue weighted by atomic mass is 9.97. The first kappa shape index (κ1) is 12.7. The second-order valence-corrected chi connectivity index (χ2v) is 4.64. The molecule has 5 nitrogen and oxygen atoms in total. The summed E-state index contributed by atoms with van der Waals surface area (Å²) in [6.45, 7) is 1.96. The summed E-state index contributed by atoms with van der Waals surface area (Å²) in [7, 11) is 0. The molecule has 5 heteroatoms. The second-order valence-electron chi connectivity index (χ2n) is 4.64. The first-order valence-electron chi connectivity index (χ1n) is 6.19. The smallest absolute Gasteiger partial charge is 0.172 e. The molecule has 1 aromatic carbocycles. The van der Waals surface area contributed by atoms with Gasteiger partial charge in [-0.1, -0.05) is 17.3 Å². The third-order valence-corrected chi connectivity index (χ3v) is 3.41. The first-order valence-corrected chi connectivity index (χ1v) is 6.19. The van der Waals surface area contributed by atoms with E-state index < -0.39 is 0 Å². The molecular formula is C13H19N3O2. The molecule has 1 unspecified atom stereocenters. The van der Waals surface area contributed by atoms with E-state index in [9.17, 15) is 5.11 Å². The van der Waals surface area contributed by atoms with Crippen molar-refractivity contribution in [2.24, 2.45) is 16.8 Å². The van der Waals surface area contributed by atoms with Crippen LogP contribution >= 0.6 is 0 Å². The van der Waals surface area contributed by atoms with E-state index in [4.69, 9.17) is 10.9 Å². The third-order valence-electron chi connectivity index (χ3n) is 3.41. The molecule has 0 aromatic heterocycles. The summed E-state index contributed by atoms with van der Waals surface area (Å²) < 4.78 is 0. The van der Waals surface area contributed by atoms with Crippen LogP contribution < -0.4 is 10.6 Å². The Bertz CT molecular complexity index is 434. The Balaban J connectivity index is 2.27. The molecule has 2 rings (SSSR count). The quantitative estimate of drug-likeness (QED) is 0.323. The van der Waals surface area contributed by atoms with Crippen LogP contribution in [0, 0.1) is 5.92 Å². The lowest BCUT2D eigenvalue weighted by molar-refractivity contribution is 0.208. The van der Waals surface area contributed by atoms with Crippen LogP contribution in [0.3, 0.4) is 0 Å². The molecule has 1 heterocycles. The molecule has 1 saturated heterocycles. The Morgan fingerprint density at radius 1 is 1.44 bits per heavy atom. The maximum absolute atomic E-state index is 9.27. The topological polar surface area (TPSA) is 82.1 Å². The van der Waals surface area contributed by atoms with Crippen molar-refractivity contribution in [1.29, 1.82) is 0 Å². The number of rotatable bonds is 3. The molecule has 0 bridgehead atoms. The largest absolute Gasteiger partial charge is 0.409 e. The van der Waals surface area contributed by atoms with E-state index in [0.29, 0.717) is 5.92 Å². The summed E-state index contributed by atoms with van der Waals surface area (Å²) in [4.78, 5) is 2.19.